The van der Waals surface area contributed by atoms with Crippen LogP contribution in [0.5, 0.6) is 0 Å². The summed E-state index contributed by atoms with van der Waals surface area (Å²) in [6.07, 6.45) is 9.09. The molecule has 0 aromatic carbocycles. The highest BCUT2D eigenvalue weighted by molar-refractivity contribution is 6.82. The molecule has 0 atom stereocenters. The smallest absolute Gasteiger partial charge is 0.0641 e. The quantitative estimate of drug-likeness (QED) is 0.535. The molecule has 68 valence electrons. The van der Waals surface area contributed by atoms with Gasteiger partial charge in [-0.3, -0.25) is 0 Å². The molecule has 0 saturated carbocycles. The van der Waals surface area contributed by atoms with E-state index in [-0.39, 0.29) is 0 Å². The van der Waals surface area contributed by atoms with Gasteiger partial charge in [0.15, 0.2) is 0 Å². The molecular formula is C11H20Si. The first-order valence-electron chi connectivity index (χ1n) is 4.71. The first-order valence-corrected chi connectivity index (χ1v) is 7.78. The lowest BCUT2D eigenvalue weighted by molar-refractivity contribution is 0.711. The lowest BCUT2D eigenvalue weighted by Gasteiger charge is -2.40. The molecule has 0 spiro atoms. The van der Waals surface area contributed by atoms with Gasteiger partial charge in [-0.05, 0) is 10.6 Å². The van der Waals surface area contributed by atoms with Crippen LogP contribution in [-0.2, 0) is 0 Å². The summed E-state index contributed by atoms with van der Waals surface area (Å²) >= 11 is 0. The standard InChI is InChI=1S/C11H20Si/c1-11(2,3)12(4,5)10-8-6-7-9-10/h6-10H,1-5H3. The minimum atomic E-state index is -1.15. The van der Waals surface area contributed by atoms with Crippen molar-refractivity contribution in [2.45, 2.75) is 44.4 Å². The van der Waals surface area contributed by atoms with Crippen LogP contribution in [0.3, 0.4) is 0 Å². The van der Waals surface area contributed by atoms with E-state index in [9.17, 15) is 0 Å². The van der Waals surface area contributed by atoms with E-state index >= 15 is 0 Å². The van der Waals surface area contributed by atoms with Crippen LogP contribution in [0.2, 0.25) is 23.7 Å². The average Bonchev–Trinajstić information content (AvgIpc) is 2.34. The fraction of sp³-hybridized carbons (Fsp3) is 0.636. The third-order valence-electron chi connectivity index (χ3n) is 3.51. The highest BCUT2D eigenvalue weighted by Crippen LogP contribution is 2.45. The third kappa shape index (κ3) is 1.56. The minimum absolute atomic E-state index is 0.497. The highest BCUT2D eigenvalue weighted by atomic mass is 28.3. The third-order valence-corrected chi connectivity index (χ3v) is 9.43. The number of hydrogen-bond donors (Lipinski definition) is 0. The second-order valence-electron chi connectivity index (χ2n) is 5.27. The monoisotopic (exact) mass is 180 g/mol. The van der Waals surface area contributed by atoms with E-state index in [1.807, 2.05) is 0 Å². The van der Waals surface area contributed by atoms with Gasteiger partial charge < -0.3 is 0 Å². The predicted octanol–water partition coefficient (Wildman–Crippen LogP) is 3.99. The van der Waals surface area contributed by atoms with E-state index in [1.165, 1.54) is 0 Å². The molecule has 0 fully saturated rings. The Morgan fingerprint density at radius 2 is 1.42 bits per heavy atom. The van der Waals surface area contributed by atoms with Gasteiger partial charge in [0.05, 0.1) is 8.07 Å². The van der Waals surface area contributed by atoms with E-state index in [4.69, 9.17) is 0 Å². The molecule has 0 N–H and O–H groups in total. The van der Waals surface area contributed by atoms with E-state index in [1.54, 1.807) is 0 Å². The Morgan fingerprint density at radius 3 is 1.75 bits per heavy atom. The van der Waals surface area contributed by atoms with Crippen molar-refractivity contribution in [2.75, 3.05) is 0 Å². The Morgan fingerprint density at radius 1 is 1.00 bits per heavy atom. The summed E-state index contributed by atoms with van der Waals surface area (Å²) in [6, 6.07) is 0. The molecule has 1 aliphatic carbocycles. The summed E-state index contributed by atoms with van der Waals surface area (Å²) in [5.41, 5.74) is 0.748. The first-order chi connectivity index (χ1) is 5.36. The van der Waals surface area contributed by atoms with Crippen molar-refractivity contribution in [2.24, 2.45) is 0 Å². The van der Waals surface area contributed by atoms with Crippen LogP contribution in [0.1, 0.15) is 20.8 Å². The lowest BCUT2D eigenvalue weighted by atomic mass is 10.2. The van der Waals surface area contributed by atoms with Crippen molar-refractivity contribution in [3.8, 4) is 0 Å². The summed E-state index contributed by atoms with van der Waals surface area (Å²) in [6.45, 7) is 12.1. The summed E-state index contributed by atoms with van der Waals surface area (Å²) in [7, 11) is -1.15. The SMILES string of the molecule is CC(C)(C)[Si](C)(C)C1C=CC=C1. The summed E-state index contributed by atoms with van der Waals surface area (Å²) in [5, 5.41) is 0.497. The molecule has 0 aromatic rings. The summed E-state index contributed by atoms with van der Waals surface area (Å²) in [5.74, 6) is 0. The van der Waals surface area contributed by atoms with Crippen LogP contribution < -0.4 is 0 Å². The Balaban J connectivity index is 2.85. The van der Waals surface area contributed by atoms with E-state index in [0.717, 1.165) is 5.54 Å². The van der Waals surface area contributed by atoms with Gasteiger partial charge in [-0.1, -0.05) is 58.2 Å². The van der Waals surface area contributed by atoms with E-state index < -0.39 is 8.07 Å². The molecule has 0 bridgehead atoms. The van der Waals surface area contributed by atoms with Crippen molar-refractivity contribution in [3.05, 3.63) is 24.3 Å². The molecule has 1 heteroatoms. The van der Waals surface area contributed by atoms with Gasteiger partial charge in [0.25, 0.3) is 0 Å². The highest BCUT2D eigenvalue weighted by Gasteiger charge is 2.40. The molecule has 0 unspecified atom stereocenters. The van der Waals surface area contributed by atoms with Crippen molar-refractivity contribution in [3.63, 3.8) is 0 Å². The molecule has 0 amide bonds. The van der Waals surface area contributed by atoms with Gasteiger partial charge in [0.1, 0.15) is 0 Å². The van der Waals surface area contributed by atoms with Crippen LogP contribution >= 0.6 is 0 Å². The zero-order valence-corrected chi connectivity index (χ0v) is 9.89. The van der Waals surface area contributed by atoms with Crippen LogP contribution in [0, 0.1) is 0 Å². The summed E-state index contributed by atoms with van der Waals surface area (Å²) < 4.78 is 0. The molecule has 0 aliphatic heterocycles. The van der Waals surface area contributed by atoms with Gasteiger partial charge in [-0.2, -0.15) is 0 Å². The van der Waals surface area contributed by atoms with Gasteiger partial charge in [0, 0.05) is 0 Å². The molecule has 1 aliphatic rings. The maximum atomic E-state index is 2.48. The van der Waals surface area contributed by atoms with Crippen molar-refractivity contribution in [1.82, 2.24) is 0 Å². The van der Waals surface area contributed by atoms with Crippen LogP contribution in [0.25, 0.3) is 0 Å². The van der Waals surface area contributed by atoms with E-state index in [0.29, 0.717) is 5.04 Å². The second-order valence-corrected chi connectivity index (χ2v) is 10.9. The zero-order chi connectivity index (χ0) is 9.41. The lowest BCUT2D eigenvalue weighted by Crippen LogP contribution is -2.40. The largest absolute Gasteiger partial charge is 0.0803 e. The minimum Gasteiger partial charge on any atom is -0.0803 e. The molecule has 0 saturated heterocycles. The molecule has 0 nitrogen and oxygen atoms in total. The Labute approximate surface area is 77.4 Å². The van der Waals surface area contributed by atoms with Gasteiger partial charge in [0.2, 0.25) is 0 Å². The topological polar surface area (TPSA) is 0 Å². The molecule has 0 heterocycles. The van der Waals surface area contributed by atoms with E-state index in [2.05, 4.69) is 58.2 Å². The molecule has 0 radical (unpaired) electrons. The van der Waals surface area contributed by atoms with Gasteiger partial charge in [-0.25, -0.2) is 0 Å². The molecular weight excluding hydrogens is 160 g/mol. The van der Waals surface area contributed by atoms with Crippen LogP contribution in [0.4, 0.5) is 0 Å². The predicted molar refractivity (Wildman–Crippen MR) is 59.2 cm³/mol. The van der Waals surface area contributed by atoms with Gasteiger partial charge in [-0.15, -0.1) is 0 Å². The molecule has 0 aromatic heterocycles. The number of hydrogen-bond acceptors (Lipinski definition) is 0. The average molecular weight is 180 g/mol. The van der Waals surface area contributed by atoms with Crippen LogP contribution in [-0.4, -0.2) is 8.07 Å². The molecule has 1 rings (SSSR count). The van der Waals surface area contributed by atoms with Crippen LogP contribution in [0.15, 0.2) is 24.3 Å². The van der Waals surface area contributed by atoms with Crippen molar-refractivity contribution < 1.29 is 0 Å². The Kier molecular flexibility index (Phi) is 2.35. The fourth-order valence-electron chi connectivity index (χ4n) is 1.41. The fourth-order valence-corrected chi connectivity index (χ4v) is 3.60. The van der Waals surface area contributed by atoms with Crippen molar-refractivity contribution in [1.29, 1.82) is 0 Å². The molecule has 12 heavy (non-hydrogen) atoms. The summed E-state index contributed by atoms with van der Waals surface area (Å²) in [4.78, 5) is 0. The first kappa shape index (κ1) is 9.78. The van der Waals surface area contributed by atoms with Gasteiger partial charge >= 0.3 is 0 Å². The Hall–Kier alpha value is -0.303. The normalized spacial score (nSPS) is 19.1. The number of allylic oxidation sites excluding steroid dienone is 4. The maximum Gasteiger partial charge on any atom is 0.0641 e. The zero-order valence-electron chi connectivity index (χ0n) is 8.89. The van der Waals surface area contributed by atoms with Crippen molar-refractivity contribution >= 4 is 8.07 Å². The maximum absolute atomic E-state index is 2.48. The second kappa shape index (κ2) is 2.88. The number of rotatable bonds is 1. The Bertz CT molecular complexity index is 204.